The van der Waals surface area contributed by atoms with E-state index in [0.29, 0.717) is 54.1 Å². The minimum atomic E-state index is -1.04. The van der Waals surface area contributed by atoms with Gasteiger partial charge in [0.1, 0.15) is 12.4 Å². The van der Waals surface area contributed by atoms with E-state index in [0.717, 1.165) is 5.56 Å². The number of amides is 2. The van der Waals surface area contributed by atoms with Crippen LogP contribution < -0.4 is 5.56 Å². The number of fused-ring (bicyclic) bond motifs is 1. The first-order chi connectivity index (χ1) is 16.9. The third-order valence-electron chi connectivity index (χ3n) is 6.69. The Hall–Kier alpha value is -3.59. The second-order valence-electron chi connectivity index (χ2n) is 8.84. The Bertz CT molecular complexity index is 1330. The van der Waals surface area contributed by atoms with Gasteiger partial charge in [0.15, 0.2) is 0 Å². The van der Waals surface area contributed by atoms with Crippen molar-refractivity contribution < 1.29 is 19.4 Å². The van der Waals surface area contributed by atoms with Crippen molar-refractivity contribution in [1.82, 2.24) is 19.4 Å². The molecule has 9 nitrogen and oxygen atoms in total. The molecule has 35 heavy (non-hydrogen) atoms. The predicted molar refractivity (Wildman–Crippen MR) is 130 cm³/mol. The smallest absolute Gasteiger partial charge is 0.410 e. The zero-order chi connectivity index (χ0) is 24.5. The molecule has 3 heterocycles. The van der Waals surface area contributed by atoms with Crippen LogP contribution in [0.1, 0.15) is 42.7 Å². The van der Waals surface area contributed by atoms with Crippen molar-refractivity contribution in [2.45, 2.75) is 38.0 Å². The lowest BCUT2D eigenvalue weighted by atomic mass is 10.1. The van der Waals surface area contributed by atoms with Gasteiger partial charge in [-0.3, -0.25) is 14.3 Å². The third-order valence-corrected chi connectivity index (χ3v) is 7.01. The Kier molecular flexibility index (Phi) is 6.34. The maximum Gasteiger partial charge on any atom is 0.410 e. The molecule has 1 aromatic heterocycles. The molecule has 3 aromatic rings. The monoisotopic (exact) mass is 496 g/mol. The molecule has 182 valence electrons. The number of halogens is 1. The van der Waals surface area contributed by atoms with Crippen molar-refractivity contribution in [3.63, 3.8) is 0 Å². The number of carboxylic acid groups (broad SMARTS) is 1. The van der Waals surface area contributed by atoms with Gasteiger partial charge in [0.2, 0.25) is 0 Å². The van der Waals surface area contributed by atoms with Gasteiger partial charge >= 0.3 is 12.2 Å². The van der Waals surface area contributed by atoms with Crippen LogP contribution in [0, 0.1) is 0 Å². The topological polar surface area (TPSA) is 105 Å². The summed E-state index contributed by atoms with van der Waals surface area (Å²) < 4.78 is 7.03. The summed E-state index contributed by atoms with van der Waals surface area (Å²) in [5.74, 6) is 0.397. The van der Waals surface area contributed by atoms with E-state index < -0.39 is 18.2 Å². The molecule has 2 aliphatic rings. The summed E-state index contributed by atoms with van der Waals surface area (Å²) in [5.41, 5.74) is 0.999. The van der Waals surface area contributed by atoms with Crippen molar-refractivity contribution in [2.24, 2.45) is 0 Å². The van der Waals surface area contributed by atoms with Crippen molar-refractivity contribution in [2.75, 3.05) is 19.6 Å². The van der Waals surface area contributed by atoms with Crippen LogP contribution in [0.15, 0.2) is 53.3 Å². The summed E-state index contributed by atoms with van der Waals surface area (Å²) in [7, 11) is 0. The fourth-order valence-corrected chi connectivity index (χ4v) is 5.25. The van der Waals surface area contributed by atoms with Gasteiger partial charge in [0.05, 0.1) is 28.0 Å². The average molecular weight is 497 g/mol. The number of benzene rings is 2. The zero-order valence-corrected chi connectivity index (χ0v) is 19.7. The van der Waals surface area contributed by atoms with Gasteiger partial charge in [-0.15, -0.1) is 0 Å². The largest absolute Gasteiger partial charge is 0.465 e. The van der Waals surface area contributed by atoms with E-state index in [9.17, 15) is 19.5 Å². The van der Waals surface area contributed by atoms with Crippen molar-refractivity contribution >= 4 is 34.7 Å². The van der Waals surface area contributed by atoms with Crippen LogP contribution >= 0.6 is 11.6 Å². The fourth-order valence-electron chi connectivity index (χ4n) is 5.00. The number of carbonyl (C=O) groups is 2. The average Bonchev–Trinajstić information content (AvgIpc) is 3.53. The third kappa shape index (κ3) is 4.43. The first-order valence-corrected chi connectivity index (χ1v) is 12.0. The fraction of sp³-hybridized carbons (Fsp3) is 0.360. The number of nitrogens with zero attached hydrogens (tertiary/aromatic N) is 4. The van der Waals surface area contributed by atoms with E-state index in [2.05, 4.69) is 0 Å². The van der Waals surface area contributed by atoms with E-state index >= 15 is 0 Å². The van der Waals surface area contributed by atoms with Gasteiger partial charge in [-0.05, 0) is 37.0 Å². The minimum absolute atomic E-state index is 0.162. The molecule has 0 spiro atoms. The van der Waals surface area contributed by atoms with Gasteiger partial charge in [0, 0.05) is 19.6 Å². The molecule has 2 aromatic carbocycles. The Balaban J connectivity index is 1.47. The number of hydrogen-bond donors (Lipinski definition) is 1. The number of rotatable bonds is 4. The number of hydrogen-bond acceptors (Lipinski definition) is 5. The molecule has 1 N–H and O–H groups in total. The highest BCUT2D eigenvalue weighted by Gasteiger charge is 2.37. The van der Waals surface area contributed by atoms with E-state index in [4.69, 9.17) is 21.3 Å². The lowest BCUT2D eigenvalue weighted by Gasteiger charge is -2.27. The van der Waals surface area contributed by atoms with Crippen LogP contribution in [-0.2, 0) is 11.3 Å². The predicted octanol–water partition coefficient (Wildman–Crippen LogP) is 4.45. The van der Waals surface area contributed by atoms with E-state index in [-0.39, 0.29) is 24.8 Å². The maximum atomic E-state index is 13.7. The molecule has 5 rings (SSSR count). The first-order valence-electron chi connectivity index (χ1n) is 11.6. The summed E-state index contributed by atoms with van der Waals surface area (Å²) in [6, 6.07) is 13.6. The lowest BCUT2D eigenvalue weighted by molar-refractivity contribution is 0.103. The normalized spacial score (nSPS) is 19.9. The standard InChI is InChI=1S/C25H25ClN4O5/c26-18-8-4-9-19-21(18)23(31)30(22(27-19)20-10-5-12-29(20)24(32)33)17-11-13-28(14-17)25(34)35-15-16-6-2-1-3-7-16/h1-4,6-9,17,20H,5,10-15H2,(H,32,33)/t17-,20?/m0/s1. The Morgan fingerprint density at radius 2 is 1.89 bits per heavy atom. The molecule has 0 aliphatic carbocycles. The van der Waals surface area contributed by atoms with E-state index in [1.807, 2.05) is 30.3 Å². The lowest BCUT2D eigenvalue weighted by Crippen LogP contribution is -2.37. The van der Waals surface area contributed by atoms with Crippen LogP contribution in [0.3, 0.4) is 0 Å². The van der Waals surface area contributed by atoms with Gasteiger partial charge in [-0.2, -0.15) is 0 Å². The molecule has 2 amide bonds. The Labute approximate surface area is 206 Å². The van der Waals surface area contributed by atoms with Gasteiger partial charge in [-0.25, -0.2) is 14.6 Å². The molecule has 0 radical (unpaired) electrons. The first kappa shape index (κ1) is 23.2. The summed E-state index contributed by atoms with van der Waals surface area (Å²) in [6.45, 7) is 1.22. The molecule has 2 aliphatic heterocycles. The highest BCUT2D eigenvalue weighted by molar-refractivity contribution is 6.35. The number of aromatic nitrogens is 2. The van der Waals surface area contributed by atoms with Gasteiger partial charge in [-0.1, -0.05) is 48.0 Å². The quantitative estimate of drug-likeness (QED) is 0.572. The number of carbonyl (C=O) groups excluding carboxylic acids is 1. The van der Waals surface area contributed by atoms with E-state index in [1.54, 1.807) is 27.7 Å². The molecular weight excluding hydrogens is 472 g/mol. The highest BCUT2D eigenvalue weighted by atomic mass is 35.5. The molecule has 10 heteroatoms. The SMILES string of the molecule is O=C(OCc1ccccc1)N1CC[C@H](n2c(C3CCCN3C(=O)O)nc3cccc(Cl)c3c2=O)C1. The van der Waals surface area contributed by atoms with Crippen LogP contribution in [-0.4, -0.2) is 56.3 Å². The Morgan fingerprint density at radius 3 is 2.66 bits per heavy atom. The van der Waals surface area contributed by atoms with Crippen LogP contribution in [0.4, 0.5) is 9.59 Å². The summed E-state index contributed by atoms with van der Waals surface area (Å²) in [5, 5.41) is 10.3. The highest BCUT2D eigenvalue weighted by Crippen LogP contribution is 2.34. The molecule has 0 saturated carbocycles. The summed E-state index contributed by atoms with van der Waals surface area (Å²) >= 11 is 6.37. The second-order valence-corrected chi connectivity index (χ2v) is 9.25. The van der Waals surface area contributed by atoms with Gasteiger partial charge in [0.25, 0.3) is 5.56 Å². The summed E-state index contributed by atoms with van der Waals surface area (Å²) in [4.78, 5) is 46.0. The molecule has 1 unspecified atom stereocenters. The molecule has 0 bridgehead atoms. The number of likely N-dealkylation sites (tertiary alicyclic amines) is 2. The van der Waals surface area contributed by atoms with Crippen LogP contribution in [0.25, 0.3) is 10.9 Å². The zero-order valence-electron chi connectivity index (χ0n) is 19.0. The molecule has 2 fully saturated rings. The van der Waals surface area contributed by atoms with Crippen molar-refractivity contribution in [3.8, 4) is 0 Å². The molecule has 2 saturated heterocycles. The summed E-state index contributed by atoms with van der Waals surface area (Å²) in [6.07, 6.45) is 0.275. The van der Waals surface area contributed by atoms with E-state index in [1.165, 1.54) is 4.90 Å². The van der Waals surface area contributed by atoms with Crippen molar-refractivity contribution in [1.29, 1.82) is 0 Å². The second kappa shape index (κ2) is 9.58. The number of ether oxygens (including phenoxy) is 1. The van der Waals surface area contributed by atoms with Crippen LogP contribution in [0.5, 0.6) is 0 Å². The van der Waals surface area contributed by atoms with Crippen LogP contribution in [0.2, 0.25) is 5.02 Å². The van der Waals surface area contributed by atoms with Crippen molar-refractivity contribution in [3.05, 3.63) is 75.3 Å². The maximum absolute atomic E-state index is 13.7. The Morgan fingerprint density at radius 1 is 1.09 bits per heavy atom. The molecule has 2 atom stereocenters. The minimum Gasteiger partial charge on any atom is -0.465 e. The molecular formula is C25H25ClN4O5. The van der Waals surface area contributed by atoms with Gasteiger partial charge < -0.3 is 14.7 Å².